The maximum atomic E-state index is 12.0. The van der Waals surface area contributed by atoms with E-state index in [1.807, 2.05) is 6.07 Å². The zero-order chi connectivity index (χ0) is 11.4. The van der Waals surface area contributed by atoms with Gasteiger partial charge in [0.2, 0.25) is 0 Å². The highest BCUT2D eigenvalue weighted by Crippen LogP contribution is 2.09. The smallest absolute Gasteiger partial charge is 0.254 e. The summed E-state index contributed by atoms with van der Waals surface area (Å²) in [6.07, 6.45) is 2.64. The van der Waals surface area contributed by atoms with Crippen molar-refractivity contribution in [2.24, 2.45) is 0 Å². The molecule has 0 saturated carbocycles. The zero-order valence-corrected chi connectivity index (χ0v) is 8.67. The summed E-state index contributed by atoms with van der Waals surface area (Å²) in [5, 5.41) is 8.74. The van der Waals surface area contributed by atoms with Crippen LogP contribution in [0.3, 0.4) is 0 Å². The van der Waals surface area contributed by atoms with Crippen molar-refractivity contribution in [3.8, 4) is 6.07 Å². The van der Waals surface area contributed by atoms with Crippen molar-refractivity contribution in [1.29, 1.82) is 5.26 Å². The Labute approximate surface area is 93.3 Å². The summed E-state index contributed by atoms with van der Waals surface area (Å²) in [7, 11) is 0. The number of hydrogen-bond acceptors (Lipinski definition) is 4. The van der Waals surface area contributed by atoms with E-state index in [1.54, 1.807) is 29.4 Å². The first-order chi connectivity index (χ1) is 7.81. The molecule has 5 nitrogen and oxygen atoms in total. The van der Waals surface area contributed by atoms with Crippen LogP contribution in [0.5, 0.6) is 0 Å². The quantitative estimate of drug-likeness (QED) is 0.684. The molecule has 1 aromatic heterocycles. The summed E-state index contributed by atoms with van der Waals surface area (Å²) in [6.45, 7) is 1.27. The Bertz CT molecular complexity index is 413. The molecule has 2 rings (SSSR count). The molecule has 16 heavy (non-hydrogen) atoms. The van der Waals surface area contributed by atoms with Gasteiger partial charge < -0.3 is 9.64 Å². The van der Waals surface area contributed by atoms with E-state index in [4.69, 9.17) is 10.00 Å². The lowest BCUT2D eigenvalue weighted by Gasteiger charge is -2.29. The predicted octanol–water partition coefficient (Wildman–Crippen LogP) is 0.446. The highest BCUT2D eigenvalue weighted by Gasteiger charge is 2.24. The molecule has 1 unspecified atom stereocenters. The van der Waals surface area contributed by atoms with Gasteiger partial charge in [-0.15, -0.1) is 0 Å². The molecular weight excluding hydrogens is 206 g/mol. The Kier molecular flexibility index (Phi) is 3.13. The molecule has 1 amide bonds. The third-order valence-corrected chi connectivity index (χ3v) is 2.42. The van der Waals surface area contributed by atoms with Gasteiger partial charge in [0.25, 0.3) is 5.91 Å². The lowest BCUT2D eigenvalue weighted by atomic mass is 10.2. The van der Waals surface area contributed by atoms with Gasteiger partial charge in [-0.25, -0.2) is 0 Å². The van der Waals surface area contributed by atoms with Gasteiger partial charge in [-0.3, -0.25) is 9.78 Å². The fourth-order valence-electron chi connectivity index (χ4n) is 1.59. The summed E-state index contributed by atoms with van der Waals surface area (Å²) < 4.78 is 5.18. The zero-order valence-electron chi connectivity index (χ0n) is 8.67. The minimum Gasteiger partial charge on any atom is -0.360 e. The fourth-order valence-corrected chi connectivity index (χ4v) is 1.59. The van der Waals surface area contributed by atoms with Crippen molar-refractivity contribution in [3.63, 3.8) is 0 Å². The number of carbonyl (C=O) groups is 1. The number of aromatic nitrogens is 1. The normalized spacial score (nSPS) is 20.2. The lowest BCUT2D eigenvalue weighted by molar-refractivity contribution is 0.00346. The molecule has 1 atom stereocenters. The van der Waals surface area contributed by atoms with E-state index >= 15 is 0 Å². The summed E-state index contributed by atoms with van der Waals surface area (Å²) >= 11 is 0. The van der Waals surface area contributed by atoms with Crippen LogP contribution in [0.4, 0.5) is 0 Å². The Morgan fingerprint density at radius 2 is 2.31 bits per heavy atom. The molecule has 5 heteroatoms. The number of pyridine rings is 1. The number of carbonyl (C=O) groups excluding carboxylic acids is 1. The van der Waals surface area contributed by atoms with Crippen molar-refractivity contribution >= 4 is 5.91 Å². The molecule has 0 spiro atoms. The second-order valence-electron chi connectivity index (χ2n) is 3.48. The molecule has 1 fully saturated rings. The average molecular weight is 217 g/mol. The van der Waals surface area contributed by atoms with Crippen LogP contribution >= 0.6 is 0 Å². The molecule has 82 valence electrons. The van der Waals surface area contributed by atoms with Crippen LogP contribution in [0.15, 0.2) is 24.5 Å². The van der Waals surface area contributed by atoms with Crippen molar-refractivity contribution in [2.75, 3.05) is 19.7 Å². The summed E-state index contributed by atoms with van der Waals surface area (Å²) in [5.41, 5.74) is 0.591. The highest BCUT2D eigenvalue weighted by molar-refractivity contribution is 5.94. The topological polar surface area (TPSA) is 66.2 Å². The third-order valence-electron chi connectivity index (χ3n) is 2.42. The molecule has 1 aliphatic heterocycles. The van der Waals surface area contributed by atoms with Gasteiger partial charge in [0, 0.05) is 24.5 Å². The Morgan fingerprint density at radius 3 is 3.00 bits per heavy atom. The van der Waals surface area contributed by atoms with Gasteiger partial charge in [0.1, 0.15) is 0 Å². The third kappa shape index (κ3) is 2.18. The molecule has 0 bridgehead atoms. The number of hydrogen-bond donors (Lipinski definition) is 0. The highest BCUT2D eigenvalue weighted by atomic mass is 16.5. The van der Waals surface area contributed by atoms with E-state index in [1.165, 1.54) is 0 Å². The molecule has 1 aromatic rings. The number of nitrogens with zero attached hydrogens (tertiary/aromatic N) is 3. The van der Waals surface area contributed by atoms with Gasteiger partial charge in [0.05, 0.1) is 19.2 Å². The summed E-state index contributed by atoms with van der Waals surface area (Å²) in [4.78, 5) is 17.5. The van der Waals surface area contributed by atoms with Crippen LogP contribution in [-0.2, 0) is 4.74 Å². The molecule has 1 aliphatic rings. The van der Waals surface area contributed by atoms with Crippen LogP contribution in [0, 0.1) is 11.3 Å². The van der Waals surface area contributed by atoms with Crippen LogP contribution < -0.4 is 0 Å². The van der Waals surface area contributed by atoms with Crippen LogP contribution in [-0.4, -0.2) is 41.6 Å². The summed E-state index contributed by atoms with van der Waals surface area (Å²) in [6, 6.07) is 5.34. The second kappa shape index (κ2) is 4.73. The van der Waals surface area contributed by atoms with Crippen molar-refractivity contribution < 1.29 is 9.53 Å². The Hall–Kier alpha value is -1.93. The number of amides is 1. The molecule has 0 radical (unpaired) electrons. The van der Waals surface area contributed by atoms with Crippen molar-refractivity contribution in [1.82, 2.24) is 9.88 Å². The lowest BCUT2D eigenvalue weighted by Crippen LogP contribution is -2.45. The Morgan fingerprint density at radius 1 is 1.56 bits per heavy atom. The van der Waals surface area contributed by atoms with Gasteiger partial charge in [-0.2, -0.15) is 5.26 Å². The van der Waals surface area contributed by atoms with Crippen molar-refractivity contribution in [3.05, 3.63) is 30.1 Å². The van der Waals surface area contributed by atoms with E-state index in [2.05, 4.69) is 4.98 Å². The molecule has 0 aliphatic carbocycles. The van der Waals surface area contributed by atoms with Crippen molar-refractivity contribution in [2.45, 2.75) is 6.10 Å². The van der Waals surface area contributed by atoms with Crippen LogP contribution in [0.1, 0.15) is 10.4 Å². The Balaban J connectivity index is 2.08. The second-order valence-corrected chi connectivity index (χ2v) is 3.48. The average Bonchev–Trinajstić information content (AvgIpc) is 2.39. The minimum absolute atomic E-state index is 0.0778. The largest absolute Gasteiger partial charge is 0.360 e. The van der Waals surface area contributed by atoms with E-state index < -0.39 is 6.10 Å². The molecule has 0 aromatic carbocycles. The van der Waals surface area contributed by atoms with Gasteiger partial charge in [-0.05, 0) is 12.1 Å². The first-order valence-electron chi connectivity index (χ1n) is 5.02. The van der Waals surface area contributed by atoms with Gasteiger partial charge >= 0.3 is 0 Å². The number of rotatable bonds is 1. The van der Waals surface area contributed by atoms with Gasteiger partial charge in [-0.1, -0.05) is 0 Å². The first kappa shape index (κ1) is 10.6. The van der Waals surface area contributed by atoms with Crippen LogP contribution in [0.2, 0.25) is 0 Å². The minimum atomic E-state index is -0.514. The maximum absolute atomic E-state index is 12.0. The van der Waals surface area contributed by atoms with Gasteiger partial charge in [0.15, 0.2) is 6.10 Å². The SMILES string of the molecule is N#CC1CN(C(=O)c2ccncc2)CCO1. The summed E-state index contributed by atoms with van der Waals surface area (Å²) in [5.74, 6) is -0.0778. The number of nitriles is 1. The fraction of sp³-hybridized carbons (Fsp3) is 0.364. The van der Waals surface area contributed by atoms with E-state index in [0.717, 1.165) is 0 Å². The van der Waals surface area contributed by atoms with E-state index in [9.17, 15) is 4.79 Å². The molecule has 2 heterocycles. The predicted molar refractivity (Wildman–Crippen MR) is 55.5 cm³/mol. The standard InChI is InChI=1S/C11H11N3O2/c12-7-10-8-14(5-6-16-10)11(15)9-1-3-13-4-2-9/h1-4,10H,5-6,8H2. The molecule has 0 N–H and O–H groups in total. The first-order valence-corrected chi connectivity index (χ1v) is 5.02. The van der Waals surface area contributed by atoms with Crippen LogP contribution in [0.25, 0.3) is 0 Å². The maximum Gasteiger partial charge on any atom is 0.254 e. The monoisotopic (exact) mass is 217 g/mol. The number of ether oxygens (including phenoxy) is 1. The number of morpholine rings is 1. The van der Waals surface area contributed by atoms with E-state index in [-0.39, 0.29) is 5.91 Å². The molecular formula is C11H11N3O2. The molecule has 1 saturated heterocycles. The van der Waals surface area contributed by atoms with E-state index in [0.29, 0.717) is 25.3 Å².